The Kier molecular flexibility index (Phi) is 7.33. The number of rotatable bonds is 9. The van der Waals surface area contributed by atoms with Crippen molar-refractivity contribution in [1.29, 1.82) is 0 Å². The van der Waals surface area contributed by atoms with E-state index in [1.54, 1.807) is 18.2 Å². The first kappa shape index (κ1) is 21.7. The van der Waals surface area contributed by atoms with Gasteiger partial charge >= 0.3 is 5.97 Å². The first-order valence-electron chi connectivity index (χ1n) is 10.6. The number of hydrogen-bond acceptors (Lipinski definition) is 5. The molecule has 1 atom stereocenters. The fraction of sp³-hybridized carbons (Fsp3) is 0.417. The minimum atomic E-state index is -0.363. The van der Waals surface area contributed by atoms with Gasteiger partial charge in [0.05, 0.1) is 24.1 Å². The van der Waals surface area contributed by atoms with Crippen LogP contribution in [0.1, 0.15) is 61.0 Å². The van der Waals surface area contributed by atoms with Gasteiger partial charge in [0.25, 0.3) is 5.56 Å². The Morgan fingerprint density at radius 1 is 1.17 bits per heavy atom. The van der Waals surface area contributed by atoms with Crippen LogP contribution < -0.4 is 5.56 Å². The summed E-state index contributed by atoms with van der Waals surface area (Å²) in [6.07, 6.45) is 4.31. The van der Waals surface area contributed by atoms with Gasteiger partial charge in [0.1, 0.15) is 5.52 Å². The predicted molar refractivity (Wildman–Crippen MR) is 118 cm³/mol. The van der Waals surface area contributed by atoms with Crippen molar-refractivity contribution in [3.63, 3.8) is 0 Å². The van der Waals surface area contributed by atoms with Crippen LogP contribution >= 0.6 is 0 Å². The number of fused-ring (bicyclic) bond motifs is 1. The molecule has 3 aromatic rings. The smallest absolute Gasteiger partial charge is 0.338 e. The predicted octanol–water partition coefficient (Wildman–Crippen LogP) is 4.52. The largest absolute Gasteiger partial charge is 0.462 e. The van der Waals surface area contributed by atoms with E-state index in [0.29, 0.717) is 34.6 Å². The molecule has 2 aromatic carbocycles. The second-order valence-electron chi connectivity index (χ2n) is 7.74. The van der Waals surface area contributed by atoms with E-state index >= 15 is 0 Å². The molecule has 1 heterocycles. The van der Waals surface area contributed by atoms with E-state index in [9.17, 15) is 9.59 Å². The van der Waals surface area contributed by atoms with Gasteiger partial charge in [-0.25, -0.2) is 9.48 Å². The third-order valence-corrected chi connectivity index (χ3v) is 5.43. The van der Waals surface area contributed by atoms with Gasteiger partial charge in [0.2, 0.25) is 0 Å². The average Bonchev–Trinajstić information content (AvgIpc) is 2.76. The van der Waals surface area contributed by atoms with Crippen LogP contribution in [0.4, 0.5) is 0 Å². The lowest BCUT2D eigenvalue weighted by Gasteiger charge is -2.16. The normalized spacial score (nSPS) is 12.1. The molecule has 0 fully saturated rings. The van der Waals surface area contributed by atoms with Crippen molar-refractivity contribution in [2.24, 2.45) is 5.92 Å². The number of aryl methyl sites for hydroxylation is 1. The van der Waals surface area contributed by atoms with Crippen molar-refractivity contribution in [3.05, 3.63) is 69.5 Å². The quantitative estimate of drug-likeness (QED) is 0.488. The van der Waals surface area contributed by atoms with Crippen molar-refractivity contribution in [2.75, 3.05) is 6.61 Å². The monoisotopic (exact) mass is 407 g/mol. The van der Waals surface area contributed by atoms with Crippen molar-refractivity contribution in [1.82, 2.24) is 15.0 Å². The Morgan fingerprint density at radius 3 is 2.73 bits per heavy atom. The maximum atomic E-state index is 12.9. The summed E-state index contributed by atoms with van der Waals surface area (Å²) < 4.78 is 6.91. The van der Waals surface area contributed by atoms with Gasteiger partial charge in [0.15, 0.2) is 0 Å². The van der Waals surface area contributed by atoms with Crippen LogP contribution in [0.15, 0.2) is 47.3 Å². The van der Waals surface area contributed by atoms with Crippen molar-refractivity contribution in [3.8, 4) is 0 Å². The number of nitrogens with zero attached hydrogens (tertiary/aromatic N) is 3. The van der Waals surface area contributed by atoms with E-state index < -0.39 is 0 Å². The number of ether oxygens (including phenoxy) is 1. The molecule has 0 saturated heterocycles. The van der Waals surface area contributed by atoms with Crippen LogP contribution in [0.2, 0.25) is 0 Å². The van der Waals surface area contributed by atoms with Gasteiger partial charge < -0.3 is 4.74 Å². The van der Waals surface area contributed by atoms with Gasteiger partial charge in [0, 0.05) is 0 Å². The molecule has 1 unspecified atom stereocenters. The highest BCUT2D eigenvalue weighted by Gasteiger charge is 2.16. The third-order valence-electron chi connectivity index (χ3n) is 5.43. The third kappa shape index (κ3) is 5.12. The summed E-state index contributed by atoms with van der Waals surface area (Å²) in [5.74, 6) is 0.0106. The summed E-state index contributed by atoms with van der Waals surface area (Å²) in [5, 5.41) is 8.72. The Bertz CT molecular complexity index is 1070. The van der Waals surface area contributed by atoms with E-state index in [1.807, 2.05) is 31.2 Å². The molecule has 0 amide bonds. The zero-order valence-corrected chi connectivity index (χ0v) is 17.9. The van der Waals surface area contributed by atoms with Crippen molar-refractivity contribution < 1.29 is 9.53 Å². The molecule has 1 aromatic heterocycles. The van der Waals surface area contributed by atoms with Crippen LogP contribution in [0, 0.1) is 12.8 Å². The zero-order valence-electron chi connectivity index (χ0n) is 17.9. The second kappa shape index (κ2) is 10.1. The molecule has 0 aliphatic carbocycles. The van der Waals surface area contributed by atoms with E-state index in [1.165, 1.54) is 4.68 Å². The van der Waals surface area contributed by atoms with Crippen LogP contribution in [-0.4, -0.2) is 27.6 Å². The Morgan fingerprint density at radius 2 is 1.97 bits per heavy atom. The minimum Gasteiger partial charge on any atom is -0.462 e. The summed E-state index contributed by atoms with van der Waals surface area (Å²) in [6, 6.07) is 12.7. The van der Waals surface area contributed by atoms with Crippen LogP contribution in [-0.2, 0) is 11.3 Å². The molecule has 0 aliphatic rings. The lowest BCUT2D eigenvalue weighted by atomic mass is 10.0. The molecule has 6 nitrogen and oxygen atoms in total. The number of carbonyl (C=O) groups is 1. The molecule has 0 N–H and O–H groups in total. The maximum Gasteiger partial charge on any atom is 0.338 e. The highest BCUT2D eigenvalue weighted by Crippen LogP contribution is 2.16. The first-order chi connectivity index (χ1) is 14.5. The fourth-order valence-corrected chi connectivity index (χ4v) is 3.48. The molecular formula is C24H29N3O3. The van der Waals surface area contributed by atoms with Crippen LogP contribution in [0.5, 0.6) is 0 Å². The summed E-state index contributed by atoms with van der Waals surface area (Å²) in [4.78, 5) is 25.6. The van der Waals surface area contributed by atoms with Crippen molar-refractivity contribution in [2.45, 2.75) is 53.0 Å². The Balaban J connectivity index is 1.80. The molecule has 30 heavy (non-hydrogen) atoms. The highest BCUT2D eigenvalue weighted by atomic mass is 16.5. The molecule has 3 rings (SSSR count). The van der Waals surface area contributed by atoms with Gasteiger partial charge in [-0.2, -0.15) is 0 Å². The molecular weight excluding hydrogens is 378 g/mol. The summed E-state index contributed by atoms with van der Waals surface area (Å²) in [5.41, 5.74) is 2.47. The SMILES string of the molecule is CCCCC(CC)COC(=O)c1ccccc1Cn1nnc2ccc(C)cc2c1=O. The molecule has 0 bridgehead atoms. The van der Waals surface area contributed by atoms with Gasteiger partial charge in [-0.1, -0.05) is 68.2 Å². The van der Waals surface area contributed by atoms with E-state index in [0.717, 1.165) is 31.2 Å². The number of aromatic nitrogens is 3. The van der Waals surface area contributed by atoms with E-state index in [4.69, 9.17) is 4.74 Å². The molecule has 0 spiro atoms. The fourth-order valence-electron chi connectivity index (χ4n) is 3.48. The van der Waals surface area contributed by atoms with Crippen LogP contribution in [0.25, 0.3) is 10.9 Å². The summed E-state index contributed by atoms with van der Waals surface area (Å²) in [7, 11) is 0. The van der Waals surface area contributed by atoms with Gasteiger partial charge in [-0.3, -0.25) is 4.79 Å². The topological polar surface area (TPSA) is 74.1 Å². The molecule has 0 radical (unpaired) electrons. The van der Waals surface area contributed by atoms with Gasteiger partial charge in [-0.05, 0) is 43.0 Å². The lowest BCUT2D eigenvalue weighted by molar-refractivity contribution is 0.0426. The molecule has 0 aliphatic heterocycles. The van der Waals surface area contributed by atoms with Crippen LogP contribution in [0.3, 0.4) is 0 Å². The molecule has 0 saturated carbocycles. The minimum absolute atomic E-state index is 0.161. The number of esters is 1. The standard InChI is InChI=1S/C24H29N3O3/c1-4-6-9-18(5-2)16-30-24(29)20-11-8-7-10-19(20)15-27-23(28)21-14-17(3)12-13-22(21)25-26-27/h7-8,10-14,18H,4-6,9,15-16H2,1-3H3. The molecule has 158 valence electrons. The van der Waals surface area contributed by atoms with Gasteiger partial charge in [-0.15, -0.1) is 5.10 Å². The zero-order chi connectivity index (χ0) is 21.5. The summed E-state index contributed by atoms with van der Waals surface area (Å²) in [6.45, 7) is 6.79. The first-order valence-corrected chi connectivity index (χ1v) is 10.6. The number of hydrogen-bond donors (Lipinski definition) is 0. The Hall–Kier alpha value is -3.02. The highest BCUT2D eigenvalue weighted by molar-refractivity contribution is 5.91. The lowest BCUT2D eigenvalue weighted by Crippen LogP contribution is -2.26. The maximum absolute atomic E-state index is 12.9. The second-order valence-corrected chi connectivity index (χ2v) is 7.74. The van der Waals surface area contributed by atoms with E-state index in [2.05, 4.69) is 24.2 Å². The Labute approximate surface area is 176 Å². The van der Waals surface area contributed by atoms with Crippen molar-refractivity contribution >= 4 is 16.9 Å². The summed E-state index contributed by atoms with van der Waals surface area (Å²) >= 11 is 0. The number of carbonyl (C=O) groups excluding carboxylic acids is 1. The number of unbranched alkanes of at least 4 members (excludes halogenated alkanes) is 1. The average molecular weight is 408 g/mol. The molecule has 6 heteroatoms. The number of benzene rings is 2. The van der Waals surface area contributed by atoms with E-state index in [-0.39, 0.29) is 18.1 Å².